The van der Waals surface area contributed by atoms with Crippen molar-refractivity contribution < 1.29 is 8.91 Å². The lowest BCUT2D eigenvalue weighted by atomic mass is 9.90. The Hall–Kier alpha value is -1.50. The van der Waals surface area contributed by atoms with Gasteiger partial charge in [-0.15, -0.1) is 12.4 Å². The number of likely N-dealkylation sites (tertiary alicyclic amines) is 1. The molecule has 2 heterocycles. The van der Waals surface area contributed by atoms with Gasteiger partial charge < -0.3 is 10.3 Å². The lowest BCUT2D eigenvalue weighted by Gasteiger charge is -2.31. The molecule has 2 N–H and O–H groups in total. The minimum absolute atomic E-state index is 0. The summed E-state index contributed by atoms with van der Waals surface area (Å²) in [6, 6.07) is 6.92. The van der Waals surface area contributed by atoms with Gasteiger partial charge in [-0.05, 0) is 56.0 Å². The fourth-order valence-electron chi connectivity index (χ4n) is 2.98. The highest BCUT2D eigenvalue weighted by atomic mass is 35.5. The monoisotopic (exact) mass is 340 g/mol. The molecule has 1 fully saturated rings. The summed E-state index contributed by atoms with van der Waals surface area (Å²) >= 11 is 0. The summed E-state index contributed by atoms with van der Waals surface area (Å²) < 4.78 is 18.2. The fourth-order valence-corrected chi connectivity index (χ4v) is 2.98. The molecule has 0 unspecified atom stereocenters. The highest BCUT2D eigenvalue weighted by molar-refractivity contribution is 5.85. The van der Waals surface area contributed by atoms with Crippen LogP contribution < -0.4 is 5.73 Å². The van der Waals surface area contributed by atoms with Gasteiger partial charge in [0.1, 0.15) is 5.82 Å². The van der Waals surface area contributed by atoms with Gasteiger partial charge in [-0.25, -0.2) is 4.39 Å². The zero-order chi connectivity index (χ0) is 15.4. The fraction of sp³-hybridized carbons (Fsp3) is 0.500. The number of nitrogens with zero attached hydrogens (tertiary/aromatic N) is 3. The third-order valence-electron chi connectivity index (χ3n) is 4.17. The number of nitrogens with two attached hydrogens (primary N) is 1. The van der Waals surface area contributed by atoms with Crippen LogP contribution >= 0.6 is 12.4 Å². The first-order chi connectivity index (χ1) is 10.7. The number of halogens is 2. The Labute approximate surface area is 141 Å². The zero-order valence-electron chi connectivity index (χ0n) is 12.9. The van der Waals surface area contributed by atoms with Gasteiger partial charge in [0.15, 0.2) is 5.82 Å². The second kappa shape index (κ2) is 8.38. The van der Waals surface area contributed by atoms with Crippen molar-refractivity contribution in [2.45, 2.75) is 32.4 Å². The van der Waals surface area contributed by atoms with Gasteiger partial charge in [-0.2, -0.15) is 4.98 Å². The maximum Gasteiger partial charge on any atom is 0.240 e. The van der Waals surface area contributed by atoms with E-state index in [-0.39, 0.29) is 24.8 Å². The zero-order valence-corrected chi connectivity index (χ0v) is 13.8. The highest BCUT2D eigenvalue weighted by Gasteiger charge is 2.21. The molecule has 7 heteroatoms. The van der Waals surface area contributed by atoms with E-state index in [2.05, 4.69) is 15.0 Å². The number of aromatic nitrogens is 2. The van der Waals surface area contributed by atoms with Gasteiger partial charge in [0, 0.05) is 0 Å². The van der Waals surface area contributed by atoms with E-state index in [1.54, 1.807) is 12.1 Å². The van der Waals surface area contributed by atoms with Crippen molar-refractivity contribution in [2.24, 2.45) is 11.7 Å². The first kappa shape index (κ1) is 17.8. The number of hydrogen-bond donors (Lipinski definition) is 1. The summed E-state index contributed by atoms with van der Waals surface area (Å²) in [6.45, 7) is 3.00. The van der Waals surface area contributed by atoms with Crippen LogP contribution in [0, 0.1) is 11.7 Å². The van der Waals surface area contributed by atoms with Gasteiger partial charge in [0.2, 0.25) is 5.89 Å². The van der Waals surface area contributed by atoms with Crippen LogP contribution in [0.15, 0.2) is 28.8 Å². The van der Waals surface area contributed by atoms with Crippen LogP contribution in [0.1, 0.15) is 30.1 Å². The topological polar surface area (TPSA) is 68.2 Å². The van der Waals surface area contributed by atoms with Crippen molar-refractivity contribution in [3.8, 4) is 0 Å². The van der Waals surface area contributed by atoms with E-state index in [0.717, 1.165) is 37.9 Å². The molecule has 126 valence electrons. The molecule has 1 aromatic carbocycles. The third kappa shape index (κ3) is 4.99. The first-order valence-corrected chi connectivity index (χ1v) is 7.71. The van der Waals surface area contributed by atoms with E-state index in [0.29, 0.717) is 24.2 Å². The van der Waals surface area contributed by atoms with E-state index < -0.39 is 0 Å². The molecule has 0 saturated carbocycles. The van der Waals surface area contributed by atoms with E-state index in [4.69, 9.17) is 10.3 Å². The summed E-state index contributed by atoms with van der Waals surface area (Å²) in [6.07, 6.45) is 3.17. The summed E-state index contributed by atoms with van der Waals surface area (Å²) in [5.41, 5.74) is 6.55. The minimum atomic E-state index is -0.150. The maximum atomic E-state index is 13.2. The van der Waals surface area contributed by atoms with Gasteiger partial charge in [-0.1, -0.05) is 17.3 Å². The predicted molar refractivity (Wildman–Crippen MR) is 87.5 cm³/mol. The smallest absolute Gasteiger partial charge is 0.240 e. The van der Waals surface area contributed by atoms with Crippen molar-refractivity contribution in [3.63, 3.8) is 0 Å². The van der Waals surface area contributed by atoms with Crippen LogP contribution in [0.3, 0.4) is 0 Å². The molecule has 1 aliphatic heterocycles. The molecule has 0 radical (unpaired) electrons. The second-order valence-corrected chi connectivity index (χ2v) is 5.86. The van der Waals surface area contributed by atoms with Crippen LogP contribution in [0.25, 0.3) is 0 Å². The average Bonchev–Trinajstić information content (AvgIpc) is 2.97. The van der Waals surface area contributed by atoms with Crippen LogP contribution in [0.5, 0.6) is 0 Å². The van der Waals surface area contributed by atoms with E-state index in [1.807, 2.05) is 6.07 Å². The minimum Gasteiger partial charge on any atom is -0.338 e. The van der Waals surface area contributed by atoms with Crippen LogP contribution in [-0.2, 0) is 19.5 Å². The predicted octanol–water partition coefficient (Wildman–Crippen LogP) is 2.54. The van der Waals surface area contributed by atoms with Crippen LogP contribution in [-0.4, -0.2) is 28.1 Å². The van der Waals surface area contributed by atoms with Crippen molar-refractivity contribution in [1.29, 1.82) is 0 Å². The number of benzene rings is 1. The normalized spacial score (nSPS) is 16.3. The standard InChI is InChI=1S/C16H21FN4O.ClH/c17-14-3-1-2-13(9-14)8-12-4-6-21(7-5-12)11-15-19-16(10-18)22-20-15;/h1-3,9,12H,4-8,10-11,18H2;1H. The molecule has 0 bridgehead atoms. The molecule has 0 atom stereocenters. The molecule has 3 rings (SSSR count). The Balaban J connectivity index is 0.00000192. The largest absolute Gasteiger partial charge is 0.338 e. The SMILES string of the molecule is Cl.NCc1nc(CN2CCC(Cc3cccc(F)c3)CC2)no1. The molecule has 0 aliphatic carbocycles. The molecule has 5 nitrogen and oxygen atoms in total. The Morgan fingerprint density at radius 3 is 2.74 bits per heavy atom. The van der Waals surface area contributed by atoms with Crippen LogP contribution in [0.4, 0.5) is 4.39 Å². The molecule has 0 amide bonds. The first-order valence-electron chi connectivity index (χ1n) is 7.71. The lowest BCUT2D eigenvalue weighted by Crippen LogP contribution is -2.34. The van der Waals surface area contributed by atoms with Crippen LogP contribution in [0.2, 0.25) is 0 Å². The van der Waals surface area contributed by atoms with E-state index in [9.17, 15) is 4.39 Å². The van der Waals surface area contributed by atoms with Crippen molar-refractivity contribution in [3.05, 3.63) is 47.4 Å². The summed E-state index contributed by atoms with van der Waals surface area (Å²) in [7, 11) is 0. The molecule has 1 aliphatic rings. The number of hydrogen-bond acceptors (Lipinski definition) is 5. The molecule has 1 saturated heterocycles. The quantitative estimate of drug-likeness (QED) is 0.906. The maximum absolute atomic E-state index is 13.2. The molecule has 1 aromatic heterocycles. The van der Waals surface area contributed by atoms with Gasteiger partial charge >= 0.3 is 0 Å². The molecular formula is C16H22ClFN4O. The molecular weight excluding hydrogens is 319 g/mol. The highest BCUT2D eigenvalue weighted by Crippen LogP contribution is 2.22. The number of piperidine rings is 1. The van der Waals surface area contributed by atoms with Crippen molar-refractivity contribution in [1.82, 2.24) is 15.0 Å². The summed E-state index contributed by atoms with van der Waals surface area (Å²) in [5.74, 6) is 1.64. The Kier molecular flexibility index (Phi) is 6.50. The molecule has 23 heavy (non-hydrogen) atoms. The van der Waals surface area contributed by atoms with Gasteiger partial charge in [-0.3, -0.25) is 4.90 Å². The summed E-state index contributed by atoms with van der Waals surface area (Å²) in [5, 5.41) is 3.93. The third-order valence-corrected chi connectivity index (χ3v) is 4.17. The second-order valence-electron chi connectivity index (χ2n) is 5.86. The van der Waals surface area contributed by atoms with E-state index in [1.165, 1.54) is 6.07 Å². The van der Waals surface area contributed by atoms with Crippen molar-refractivity contribution in [2.75, 3.05) is 13.1 Å². The van der Waals surface area contributed by atoms with Crippen molar-refractivity contribution >= 4 is 12.4 Å². The number of rotatable bonds is 5. The Morgan fingerprint density at radius 2 is 2.09 bits per heavy atom. The Morgan fingerprint density at radius 1 is 1.30 bits per heavy atom. The van der Waals surface area contributed by atoms with E-state index >= 15 is 0 Å². The Bertz CT molecular complexity index is 614. The summed E-state index contributed by atoms with van der Waals surface area (Å²) in [4.78, 5) is 6.56. The molecule has 2 aromatic rings. The lowest BCUT2D eigenvalue weighted by molar-refractivity contribution is 0.172. The van der Waals surface area contributed by atoms with Gasteiger partial charge in [0.25, 0.3) is 0 Å². The average molecular weight is 341 g/mol. The van der Waals surface area contributed by atoms with Gasteiger partial charge in [0.05, 0.1) is 13.1 Å². The molecule has 0 spiro atoms.